The van der Waals surface area contributed by atoms with Crippen molar-refractivity contribution in [1.82, 2.24) is 4.98 Å². The van der Waals surface area contributed by atoms with Gasteiger partial charge in [-0.15, -0.1) is 0 Å². The zero-order valence-corrected chi connectivity index (χ0v) is 12.8. The molecule has 19 heavy (non-hydrogen) atoms. The lowest BCUT2D eigenvalue weighted by molar-refractivity contribution is -0.385. The summed E-state index contributed by atoms with van der Waals surface area (Å²) in [7, 11) is 0. The van der Waals surface area contributed by atoms with Crippen LogP contribution in [0.15, 0.2) is 45.6 Å². The fourth-order valence-corrected chi connectivity index (χ4v) is 2.31. The number of nitrogens with one attached hydrogen (secondary N) is 1. The summed E-state index contributed by atoms with van der Waals surface area (Å²) in [5.41, 5.74) is 1.73. The third kappa shape index (κ3) is 3.51. The van der Waals surface area contributed by atoms with Crippen LogP contribution in [0.3, 0.4) is 0 Å². The van der Waals surface area contributed by atoms with E-state index in [0.717, 1.165) is 11.3 Å². The van der Waals surface area contributed by atoms with Crippen molar-refractivity contribution in [3.63, 3.8) is 0 Å². The molecule has 2 rings (SSSR count). The van der Waals surface area contributed by atoms with Gasteiger partial charge in [0.1, 0.15) is 4.60 Å². The average Bonchev–Trinajstić information content (AvgIpc) is 2.39. The predicted octanol–water partition coefficient (Wildman–Crippen LogP) is 4.13. The molecule has 5 nitrogen and oxygen atoms in total. The molecule has 1 heterocycles. The fourth-order valence-electron chi connectivity index (χ4n) is 1.52. The summed E-state index contributed by atoms with van der Waals surface area (Å²) in [5.74, 6) is 0. The molecule has 0 aliphatic carbocycles. The molecule has 98 valence electrons. The van der Waals surface area contributed by atoms with Gasteiger partial charge in [0, 0.05) is 18.8 Å². The fraction of sp³-hybridized carbons (Fsp3) is 0.0833. The Morgan fingerprint density at radius 3 is 2.79 bits per heavy atom. The SMILES string of the molecule is O=[N+]([O-])c1cc(CNc2cccnc2Br)ccc1Br. The van der Waals surface area contributed by atoms with Crippen molar-refractivity contribution >= 4 is 43.2 Å². The van der Waals surface area contributed by atoms with Crippen LogP contribution in [0.25, 0.3) is 0 Å². The Bertz CT molecular complexity index is 620. The van der Waals surface area contributed by atoms with E-state index in [4.69, 9.17) is 0 Å². The third-order valence-electron chi connectivity index (χ3n) is 2.45. The van der Waals surface area contributed by atoms with Crippen molar-refractivity contribution in [2.24, 2.45) is 0 Å². The second-order valence-corrected chi connectivity index (χ2v) is 5.34. The zero-order valence-electron chi connectivity index (χ0n) is 9.64. The summed E-state index contributed by atoms with van der Waals surface area (Å²) >= 11 is 6.49. The summed E-state index contributed by atoms with van der Waals surface area (Å²) in [4.78, 5) is 14.5. The Kier molecular flexibility index (Phi) is 4.49. The molecule has 7 heteroatoms. The lowest BCUT2D eigenvalue weighted by Crippen LogP contribution is -2.01. The first-order valence-electron chi connectivity index (χ1n) is 5.35. The molecule has 0 saturated carbocycles. The summed E-state index contributed by atoms with van der Waals surface area (Å²) in [5, 5.41) is 14.0. The number of aromatic nitrogens is 1. The summed E-state index contributed by atoms with van der Waals surface area (Å²) in [6.07, 6.45) is 1.68. The molecule has 1 aromatic heterocycles. The van der Waals surface area contributed by atoms with E-state index >= 15 is 0 Å². The highest BCUT2D eigenvalue weighted by Crippen LogP contribution is 2.26. The molecule has 0 aliphatic rings. The van der Waals surface area contributed by atoms with Crippen LogP contribution in [-0.4, -0.2) is 9.91 Å². The summed E-state index contributed by atoms with van der Waals surface area (Å²) < 4.78 is 1.19. The molecule has 0 spiro atoms. The lowest BCUT2D eigenvalue weighted by Gasteiger charge is -2.08. The van der Waals surface area contributed by atoms with Crippen LogP contribution in [-0.2, 0) is 6.54 Å². The standard InChI is InChI=1S/C12H9Br2N3O2/c13-9-4-3-8(6-11(9)17(18)19)7-16-10-2-1-5-15-12(10)14/h1-6,16H,7H2. The molecular weight excluding hydrogens is 378 g/mol. The van der Waals surface area contributed by atoms with Crippen molar-refractivity contribution in [1.29, 1.82) is 0 Å². The Morgan fingerprint density at radius 2 is 2.11 bits per heavy atom. The highest BCUT2D eigenvalue weighted by molar-refractivity contribution is 9.10. The van der Waals surface area contributed by atoms with Crippen LogP contribution in [0.2, 0.25) is 0 Å². The molecule has 1 N–H and O–H groups in total. The number of hydrogen-bond donors (Lipinski definition) is 1. The maximum Gasteiger partial charge on any atom is 0.283 e. The van der Waals surface area contributed by atoms with E-state index in [-0.39, 0.29) is 5.69 Å². The number of benzene rings is 1. The van der Waals surface area contributed by atoms with Crippen LogP contribution in [0.1, 0.15) is 5.56 Å². The summed E-state index contributed by atoms with van der Waals surface area (Å²) in [6, 6.07) is 8.74. The molecule has 0 atom stereocenters. The number of rotatable bonds is 4. The van der Waals surface area contributed by atoms with E-state index in [1.165, 1.54) is 0 Å². The molecule has 0 amide bonds. The van der Waals surface area contributed by atoms with E-state index in [0.29, 0.717) is 15.6 Å². The zero-order chi connectivity index (χ0) is 13.8. The van der Waals surface area contributed by atoms with Crippen LogP contribution in [0.4, 0.5) is 11.4 Å². The molecule has 0 unspecified atom stereocenters. The number of hydrogen-bond acceptors (Lipinski definition) is 4. The first-order valence-corrected chi connectivity index (χ1v) is 6.94. The Balaban J connectivity index is 2.14. The largest absolute Gasteiger partial charge is 0.379 e. The van der Waals surface area contributed by atoms with Crippen molar-refractivity contribution in [3.8, 4) is 0 Å². The van der Waals surface area contributed by atoms with Gasteiger partial charge in [0.25, 0.3) is 5.69 Å². The summed E-state index contributed by atoms with van der Waals surface area (Å²) in [6.45, 7) is 0.485. The minimum Gasteiger partial charge on any atom is -0.379 e. The van der Waals surface area contributed by atoms with Crippen LogP contribution >= 0.6 is 31.9 Å². The number of anilines is 1. The third-order valence-corrected chi connectivity index (χ3v) is 3.75. The first kappa shape index (κ1) is 14.0. The van der Waals surface area contributed by atoms with Gasteiger partial charge in [0.2, 0.25) is 0 Å². The van der Waals surface area contributed by atoms with Gasteiger partial charge in [-0.1, -0.05) is 6.07 Å². The molecule has 0 fully saturated rings. The van der Waals surface area contributed by atoms with Crippen molar-refractivity contribution in [3.05, 3.63) is 61.3 Å². The smallest absolute Gasteiger partial charge is 0.283 e. The number of nitrogens with zero attached hydrogens (tertiary/aromatic N) is 2. The van der Waals surface area contributed by atoms with E-state index in [9.17, 15) is 10.1 Å². The maximum atomic E-state index is 10.8. The van der Waals surface area contributed by atoms with Crippen molar-refractivity contribution < 1.29 is 4.92 Å². The second kappa shape index (κ2) is 6.12. The monoisotopic (exact) mass is 385 g/mol. The van der Waals surface area contributed by atoms with Crippen molar-refractivity contribution in [2.75, 3.05) is 5.32 Å². The van der Waals surface area contributed by atoms with Crippen molar-refractivity contribution in [2.45, 2.75) is 6.54 Å². The molecule has 0 radical (unpaired) electrons. The topological polar surface area (TPSA) is 68.1 Å². The molecule has 0 saturated heterocycles. The minimum absolute atomic E-state index is 0.0598. The molecule has 0 aliphatic heterocycles. The Labute approximate surface area is 126 Å². The van der Waals surface area contributed by atoms with Crippen LogP contribution in [0.5, 0.6) is 0 Å². The van der Waals surface area contributed by atoms with Crippen LogP contribution in [0, 0.1) is 10.1 Å². The highest BCUT2D eigenvalue weighted by Gasteiger charge is 2.12. The number of nitro benzene ring substituents is 1. The lowest BCUT2D eigenvalue weighted by atomic mass is 10.2. The van der Waals surface area contributed by atoms with Gasteiger partial charge in [-0.25, -0.2) is 4.98 Å². The maximum absolute atomic E-state index is 10.8. The van der Waals surface area contributed by atoms with E-state index < -0.39 is 4.92 Å². The highest BCUT2D eigenvalue weighted by atomic mass is 79.9. The van der Waals surface area contributed by atoms with Gasteiger partial charge in [-0.3, -0.25) is 10.1 Å². The van der Waals surface area contributed by atoms with Gasteiger partial charge >= 0.3 is 0 Å². The Morgan fingerprint density at radius 1 is 1.32 bits per heavy atom. The van der Waals surface area contributed by atoms with Gasteiger partial charge in [0.15, 0.2) is 0 Å². The van der Waals surface area contributed by atoms with E-state index in [2.05, 4.69) is 42.2 Å². The predicted molar refractivity (Wildman–Crippen MR) is 80.1 cm³/mol. The number of nitro groups is 1. The molecule has 1 aromatic carbocycles. The number of halogens is 2. The molecule has 0 bridgehead atoms. The normalized spacial score (nSPS) is 10.2. The number of pyridine rings is 1. The van der Waals surface area contributed by atoms with E-state index in [1.54, 1.807) is 18.3 Å². The van der Waals surface area contributed by atoms with Gasteiger partial charge in [-0.05, 0) is 55.6 Å². The van der Waals surface area contributed by atoms with Crippen LogP contribution < -0.4 is 5.32 Å². The second-order valence-electron chi connectivity index (χ2n) is 3.74. The van der Waals surface area contributed by atoms with Gasteiger partial charge in [-0.2, -0.15) is 0 Å². The first-order chi connectivity index (χ1) is 9.08. The average molecular weight is 387 g/mol. The molecular formula is C12H9Br2N3O2. The minimum atomic E-state index is -0.409. The Hall–Kier alpha value is -1.47. The molecule has 2 aromatic rings. The van der Waals surface area contributed by atoms with Gasteiger partial charge < -0.3 is 5.32 Å². The van der Waals surface area contributed by atoms with Gasteiger partial charge in [0.05, 0.1) is 15.1 Å². The quantitative estimate of drug-likeness (QED) is 0.487. The van der Waals surface area contributed by atoms with E-state index in [1.807, 2.05) is 18.2 Å².